The van der Waals surface area contributed by atoms with E-state index < -0.39 is 11.6 Å². The van der Waals surface area contributed by atoms with Crippen molar-refractivity contribution in [2.45, 2.75) is 78.1 Å². The molecule has 2 rings (SSSR count). The summed E-state index contributed by atoms with van der Waals surface area (Å²) in [6.07, 6.45) is 12.9. The smallest absolute Gasteiger partial charge is 0.202 e. The number of ether oxygens (including phenoxy) is 1. The van der Waals surface area contributed by atoms with Crippen LogP contribution in [0.15, 0.2) is 41.4 Å². The van der Waals surface area contributed by atoms with E-state index in [-0.39, 0.29) is 11.4 Å². The van der Waals surface area contributed by atoms with Gasteiger partial charge in [0, 0.05) is 6.21 Å². The minimum Gasteiger partial charge on any atom is -0.490 e. The minimum absolute atomic E-state index is 0.0218. The van der Waals surface area contributed by atoms with Gasteiger partial charge in [0.15, 0.2) is 11.6 Å². The van der Waals surface area contributed by atoms with E-state index >= 15 is 0 Å². The maximum atomic E-state index is 14.3. The number of rotatable bonds is 14. The molecule has 0 bridgehead atoms. The fourth-order valence-corrected chi connectivity index (χ4v) is 3.29. The zero-order valence-corrected chi connectivity index (χ0v) is 18.4. The van der Waals surface area contributed by atoms with E-state index in [9.17, 15) is 8.78 Å². The Labute approximate surface area is 180 Å². The Morgan fingerprint density at radius 2 is 1.43 bits per heavy atom. The van der Waals surface area contributed by atoms with Gasteiger partial charge in [-0.1, -0.05) is 83.1 Å². The number of unbranched alkanes of at least 4 members (excludes halogenated alkanes) is 7. The van der Waals surface area contributed by atoms with Crippen LogP contribution < -0.4 is 4.74 Å². The van der Waals surface area contributed by atoms with Gasteiger partial charge in [-0.05, 0) is 42.5 Å². The highest BCUT2D eigenvalue weighted by Crippen LogP contribution is 2.28. The molecule has 0 saturated carbocycles. The first-order valence-corrected chi connectivity index (χ1v) is 11.4. The van der Waals surface area contributed by atoms with Crippen LogP contribution in [-0.4, -0.2) is 12.8 Å². The van der Waals surface area contributed by atoms with Gasteiger partial charge in [-0.3, -0.25) is 4.99 Å². The Morgan fingerprint density at radius 3 is 2.17 bits per heavy atom. The Bertz CT molecular complexity index is 771. The van der Waals surface area contributed by atoms with Crippen LogP contribution in [0.3, 0.4) is 0 Å². The van der Waals surface area contributed by atoms with Gasteiger partial charge in [0.05, 0.1) is 6.61 Å². The largest absolute Gasteiger partial charge is 0.490 e. The third-order valence-electron chi connectivity index (χ3n) is 5.18. The average molecular weight is 416 g/mol. The molecule has 0 unspecified atom stereocenters. The van der Waals surface area contributed by atoms with Crippen LogP contribution >= 0.6 is 0 Å². The lowest BCUT2D eigenvalue weighted by atomic mass is 10.1. The number of nitrogens with zero attached hydrogens (tertiary/aromatic N) is 1. The third-order valence-corrected chi connectivity index (χ3v) is 5.18. The minimum atomic E-state index is -0.970. The molecule has 0 N–H and O–H groups in total. The predicted molar refractivity (Wildman–Crippen MR) is 122 cm³/mol. The first-order valence-electron chi connectivity index (χ1n) is 11.4. The van der Waals surface area contributed by atoms with Crippen LogP contribution in [0.2, 0.25) is 0 Å². The van der Waals surface area contributed by atoms with Crippen molar-refractivity contribution in [2.75, 3.05) is 6.61 Å². The maximum absolute atomic E-state index is 14.3. The van der Waals surface area contributed by atoms with E-state index in [4.69, 9.17) is 4.74 Å². The molecule has 0 radical (unpaired) electrons. The Kier molecular flexibility index (Phi) is 11.1. The van der Waals surface area contributed by atoms with E-state index in [0.717, 1.165) is 31.2 Å². The summed E-state index contributed by atoms with van der Waals surface area (Å²) in [6, 6.07) is 11.0. The van der Waals surface area contributed by atoms with Gasteiger partial charge in [0.25, 0.3) is 0 Å². The molecule has 0 fully saturated rings. The molecule has 30 heavy (non-hydrogen) atoms. The highest BCUT2D eigenvalue weighted by molar-refractivity contribution is 5.82. The normalized spacial score (nSPS) is 11.3. The second-order valence-corrected chi connectivity index (χ2v) is 7.78. The summed E-state index contributed by atoms with van der Waals surface area (Å²) >= 11 is 0. The van der Waals surface area contributed by atoms with Crippen molar-refractivity contribution in [3.8, 4) is 5.75 Å². The predicted octanol–water partition coefficient (Wildman–Crippen LogP) is 8.19. The van der Waals surface area contributed by atoms with Crippen LogP contribution in [-0.2, 0) is 6.42 Å². The molecule has 0 spiro atoms. The number of hydrogen-bond donors (Lipinski definition) is 0. The van der Waals surface area contributed by atoms with Gasteiger partial charge < -0.3 is 4.74 Å². The average Bonchev–Trinajstić information content (AvgIpc) is 2.76. The first kappa shape index (κ1) is 24.0. The lowest BCUT2D eigenvalue weighted by Gasteiger charge is -2.09. The SMILES string of the molecule is CCCCCCCCOc1ccc(N=Cc2ccc(CCCCC)cc2)c(F)c1F. The highest BCUT2D eigenvalue weighted by atomic mass is 19.2. The van der Waals surface area contributed by atoms with Crippen LogP contribution in [0.5, 0.6) is 5.75 Å². The van der Waals surface area contributed by atoms with Crippen molar-refractivity contribution in [1.82, 2.24) is 0 Å². The van der Waals surface area contributed by atoms with Gasteiger partial charge >= 0.3 is 0 Å². The molecule has 2 nitrogen and oxygen atoms in total. The summed E-state index contributed by atoms with van der Waals surface area (Å²) in [5.74, 6) is -1.98. The van der Waals surface area contributed by atoms with E-state index in [1.807, 2.05) is 12.1 Å². The van der Waals surface area contributed by atoms with Gasteiger partial charge in [0.1, 0.15) is 5.69 Å². The molecular weight excluding hydrogens is 380 g/mol. The molecule has 2 aromatic rings. The maximum Gasteiger partial charge on any atom is 0.202 e. The zero-order chi connectivity index (χ0) is 21.6. The van der Waals surface area contributed by atoms with Crippen molar-refractivity contribution in [3.05, 3.63) is 59.2 Å². The second-order valence-electron chi connectivity index (χ2n) is 7.78. The molecule has 2 aromatic carbocycles. The lowest BCUT2D eigenvalue weighted by Crippen LogP contribution is -2.01. The zero-order valence-electron chi connectivity index (χ0n) is 18.4. The van der Waals surface area contributed by atoms with Crippen LogP contribution in [0.4, 0.5) is 14.5 Å². The van der Waals surface area contributed by atoms with Crippen molar-refractivity contribution >= 4 is 11.9 Å². The molecule has 0 heterocycles. The van der Waals surface area contributed by atoms with E-state index in [1.165, 1.54) is 56.2 Å². The summed E-state index contributed by atoms with van der Waals surface area (Å²) in [5, 5.41) is 0. The Balaban J connectivity index is 1.87. The Hall–Kier alpha value is -2.23. The lowest BCUT2D eigenvalue weighted by molar-refractivity contribution is 0.285. The van der Waals surface area contributed by atoms with E-state index in [0.29, 0.717) is 6.61 Å². The highest BCUT2D eigenvalue weighted by Gasteiger charge is 2.14. The Morgan fingerprint density at radius 1 is 0.767 bits per heavy atom. The monoisotopic (exact) mass is 415 g/mol. The molecule has 0 atom stereocenters. The van der Waals surface area contributed by atoms with Crippen LogP contribution in [0.25, 0.3) is 0 Å². The number of benzene rings is 2. The summed E-state index contributed by atoms with van der Waals surface area (Å²) in [4.78, 5) is 4.13. The van der Waals surface area contributed by atoms with Gasteiger partial charge in [0.2, 0.25) is 5.82 Å². The molecular formula is C26H35F2NO. The summed E-state index contributed by atoms with van der Waals surface area (Å²) in [7, 11) is 0. The van der Waals surface area contributed by atoms with Crippen molar-refractivity contribution in [3.63, 3.8) is 0 Å². The topological polar surface area (TPSA) is 21.6 Å². The summed E-state index contributed by atoms with van der Waals surface area (Å²) < 4.78 is 34.1. The van der Waals surface area contributed by atoms with Crippen molar-refractivity contribution in [2.24, 2.45) is 4.99 Å². The van der Waals surface area contributed by atoms with Gasteiger partial charge in [-0.15, -0.1) is 0 Å². The van der Waals surface area contributed by atoms with Crippen molar-refractivity contribution < 1.29 is 13.5 Å². The number of aliphatic imine (C=N–C) groups is 1. The number of aryl methyl sites for hydroxylation is 1. The molecule has 4 heteroatoms. The van der Waals surface area contributed by atoms with E-state index in [2.05, 4.69) is 31.0 Å². The quantitative estimate of drug-likeness (QED) is 0.225. The first-order chi connectivity index (χ1) is 14.7. The van der Waals surface area contributed by atoms with Crippen molar-refractivity contribution in [1.29, 1.82) is 0 Å². The number of hydrogen-bond acceptors (Lipinski definition) is 2. The van der Waals surface area contributed by atoms with E-state index in [1.54, 1.807) is 6.21 Å². The van der Waals surface area contributed by atoms with Crippen LogP contribution in [0, 0.1) is 11.6 Å². The molecule has 0 aromatic heterocycles. The summed E-state index contributed by atoms with van der Waals surface area (Å²) in [6.45, 7) is 4.77. The molecule has 0 aliphatic rings. The molecule has 164 valence electrons. The second kappa shape index (κ2) is 13.9. The standard InChI is InChI=1S/C26H35F2NO/c1-3-5-7-8-9-11-19-30-24-18-17-23(25(27)26(24)28)29-20-22-15-13-21(14-16-22)12-10-6-4-2/h13-18,20H,3-12,19H2,1-2H3. The van der Waals surface area contributed by atoms with Gasteiger partial charge in [-0.2, -0.15) is 4.39 Å². The fourth-order valence-electron chi connectivity index (χ4n) is 3.29. The summed E-state index contributed by atoms with van der Waals surface area (Å²) in [5.41, 5.74) is 2.12. The molecule has 0 amide bonds. The third kappa shape index (κ3) is 8.25. The molecule has 0 aliphatic heterocycles. The van der Waals surface area contributed by atoms with Crippen LogP contribution in [0.1, 0.15) is 82.8 Å². The van der Waals surface area contributed by atoms with Gasteiger partial charge in [-0.25, -0.2) is 4.39 Å². The molecule has 0 aliphatic carbocycles. The molecule has 0 saturated heterocycles. The fraction of sp³-hybridized carbons (Fsp3) is 0.500. The number of halogens is 2.